The first-order valence-electron chi connectivity index (χ1n) is 5.92. The molecule has 0 radical (unpaired) electrons. The molecule has 0 aliphatic carbocycles. The Bertz CT molecular complexity index is 368. The van der Waals surface area contributed by atoms with Crippen LogP contribution in [0.15, 0.2) is 24.3 Å². The zero-order valence-electron chi connectivity index (χ0n) is 10.00. The fourth-order valence-corrected chi connectivity index (χ4v) is 2.43. The number of benzene rings is 1. The molecule has 0 spiro atoms. The highest BCUT2D eigenvalue weighted by molar-refractivity contribution is 5.32. The summed E-state index contributed by atoms with van der Waals surface area (Å²) in [5.41, 5.74) is 2.58. The summed E-state index contributed by atoms with van der Waals surface area (Å²) < 4.78 is 24.6. The molecule has 1 aliphatic rings. The summed E-state index contributed by atoms with van der Waals surface area (Å²) in [5, 5.41) is 3.34. The van der Waals surface area contributed by atoms with Crippen LogP contribution in [0.4, 0.5) is 8.78 Å². The lowest BCUT2D eigenvalue weighted by Crippen LogP contribution is -2.36. The first kappa shape index (κ1) is 12.5. The van der Waals surface area contributed by atoms with Crippen LogP contribution < -0.4 is 5.32 Å². The average molecular weight is 240 g/mol. The predicted molar refractivity (Wildman–Crippen MR) is 64.4 cm³/mol. The summed E-state index contributed by atoms with van der Waals surface area (Å²) in [7, 11) is 1.75. The van der Waals surface area contributed by atoms with Crippen LogP contribution in [0.5, 0.6) is 0 Å². The van der Waals surface area contributed by atoms with E-state index in [9.17, 15) is 8.78 Å². The SMILES string of the molecule is CN(CC(F)F)CC1CNCc2ccccc21. The van der Waals surface area contributed by atoms with Gasteiger partial charge >= 0.3 is 0 Å². The number of hydrogen-bond acceptors (Lipinski definition) is 2. The Kier molecular flexibility index (Phi) is 4.07. The van der Waals surface area contributed by atoms with Crippen molar-refractivity contribution >= 4 is 0 Å². The number of rotatable bonds is 4. The lowest BCUT2D eigenvalue weighted by atomic mass is 9.90. The Labute approximate surface area is 101 Å². The van der Waals surface area contributed by atoms with Crippen LogP contribution in [-0.2, 0) is 6.54 Å². The van der Waals surface area contributed by atoms with Gasteiger partial charge in [0, 0.05) is 25.6 Å². The van der Waals surface area contributed by atoms with Crippen LogP contribution in [0.1, 0.15) is 17.0 Å². The minimum absolute atomic E-state index is 0.154. The third kappa shape index (κ3) is 3.23. The van der Waals surface area contributed by atoms with Crippen molar-refractivity contribution in [1.82, 2.24) is 10.2 Å². The zero-order valence-corrected chi connectivity index (χ0v) is 10.00. The van der Waals surface area contributed by atoms with E-state index < -0.39 is 6.43 Å². The highest BCUT2D eigenvalue weighted by atomic mass is 19.3. The number of alkyl halides is 2. The number of nitrogens with zero attached hydrogens (tertiary/aromatic N) is 1. The molecule has 1 aromatic rings. The Morgan fingerprint density at radius 2 is 2.18 bits per heavy atom. The number of hydrogen-bond donors (Lipinski definition) is 1. The molecule has 1 aliphatic heterocycles. The standard InChI is InChI=1S/C13H18F2N2/c1-17(9-13(14)15)8-11-7-16-6-10-4-2-3-5-12(10)11/h2-5,11,13,16H,6-9H2,1H3. The summed E-state index contributed by atoms with van der Waals surface area (Å²) >= 11 is 0. The monoisotopic (exact) mass is 240 g/mol. The fourth-order valence-electron chi connectivity index (χ4n) is 2.43. The van der Waals surface area contributed by atoms with Crippen LogP contribution in [0.3, 0.4) is 0 Å². The molecule has 0 bridgehead atoms. The first-order valence-corrected chi connectivity index (χ1v) is 5.92. The van der Waals surface area contributed by atoms with Crippen LogP contribution >= 0.6 is 0 Å². The van der Waals surface area contributed by atoms with Gasteiger partial charge in [-0.15, -0.1) is 0 Å². The largest absolute Gasteiger partial charge is 0.312 e. The van der Waals surface area contributed by atoms with Crippen molar-refractivity contribution in [1.29, 1.82) is 0 Å². The van der Waals surface area contributed by atoms with E-state index in [-0.39, 0.29) is 6.54 Å². The molecular formula is C13H18F2N2. The van der Waals surface area contributed by atoms with Crippen molar-refractivity contribution in [2.24, 2.45) is 0 Å². The molecule has 17 heavy (non-hydrogen) atoms. The molecule has 0 amide bonds. The molecule has 1 heterocycles. The van der Waals surface area contributed by atoms with E-state index in [1.807, 2.05) is 12.1 Å². The number of fused-ring (bicyclic) bond motifs is 1. The minimum atomic E-state index is -2.26. The van der Waals surface area contributed by atoms with Gasteiger partial charge < -0.3 is 10.2 Å². The second-order valence-electron chi connectivity index (χ2n) is 4.64. The molecular weight excluding hydrogens is 222 g/mol. The summed E-state index contributed by atoms with van der Waals surface area (Å²) in [4.78, 5) is 1.71. The van der Waals surface area contributed by atoms with Crippen LogP contribution in [0.25, 0.3) is 0 Å². The molecule has 0 aromatic heterocycles. The van der Waals surface area contributed by atoms with E-state index in [2.05, 4.69) is 17.4 Å². The molecule has 4 heteroatoms. The number of halogens is 2. The van der Waals surface area contributed by atoms with E-state index in [4.69, 9.17) is 0 Å². The van der Waals surface area contributed by atoms with E-state index in [1.54, 1.807) is 11.9 Å². The molecule has 94 valence electrons. The third-order valence-electron chi connectivity index (χ3n) is 3.18. The van der Waals surface area contributed by atoms with Crippen molar-refractivity contribution in [3.05, 3.63) is 35.4 Å². The molecule has 1 unspecified atom stereocenters. The third-order valence-corrected chi connectivity index (χ3v) is 3.18. The molecule has 0 fully saturated rings. The first-order chi connectivity index (χ1) is 8.16. The van der Waals surface area contributed by atoms with Gasteiger partial charge in [-0.3, -0.25) is 0 Å². The van der Waals surface area contributed by atoms with Crippen LogP contribution in [0.2, 0.25) is 0 Å². The normalized spacial score (nSPS) is 19.7. The second-order valence-corrected chi connectivity index (χ2v) is 4.64. The Morgan fingerprint density at radius 1 is 1.41 bits per heavy atom. The van der Waals surface area contributed by atoms with Gasteiger partial charge in [-0.05, 0) is 18.2 Å². The minimum Gasteiger partial charge on any atom is -0.312 e. The van der Waals surface area contributed by atoms with Crippen LogP contribution in [0, 0.1) is 0 Å². The van der Waals surface area contributed by atoms with E-state index in [0.29, 0.717) is 12.5 Å². The van der Waals surface area contributed by atoms with Crippen molar-refractivity contribution in [2.75, 3.05) is 26.7 Å². The van der Waals surface area contributed by atoms with E-state index >= 15 is 0 Å². The van der Waals surface area contributed by atoms with Gasteiger partial charge in [-0.2, -0.15) is 0 Å². The summed E-state index contributed by atoms with van der Waals surface area (Å²) in [6.45, 7) is 2.27. The summed E-state index contributed by atoms with van der Waals surface area (Å²) in [5.74, 6) is 0.309. The topological polar surface area (TPSA) is 15.3 Å². The lowest BCUT2D eigenvalue weighted by molar-refractivity contribution is 0.0971. The van der Waals surface area contributed by atoms with E-state index in [0.717, 1.165) is 13.1 Å². The summed E-state index contributed by atoms with van der Waals surface area (Å²) in [6.07, 6.45) is -2.26. The van der Waals surface area contributed by atoms with Gasteiger partial charge in [0.1, 0.15) is 0 Å². The Hall–Kier alpha value is -1.00. The van der Waals surface area contributed by atoms with Crippen molar-refractivity contribution in [3.63, 3.8) is 0 Å². The lowest BCUT2D eigenvalue weighted by Gasteiger charge is -2.29. The molecule has 1 atom stereocenters. The molecule has 1 N–H and O–H groups in total. The maximum Gasteiger partial charge on any atom is 0.251 e. The molecule has 2 nitrogen and oxygen atoms in total. The van der Waals surface area contributed by atoms with Gasteiger partial charge in [-0.1, -0.05) is 24.3 Å². The molecule has 1 aromatic carbocycles. The van der Waals surface area contributed by atoms with E-state index in [1.165, 1.54) is 11.1 Å². The predicted octanol–water partition coefficient (Wildman–Crippen LogP) is 2.07. The Balaban J connectivity index is 2.03. The number of likely N-dealkylation sites (N-methyl/N-ethyl adjacent to an activating group) is 1. The molecule has 2 rings (SSSR count). The quantitative estimate of drug-likeness (QED) is 0.866. The maximum absolute atomic E-state index is 12.3. The zero-order chi connectivity index (χ0) is 12.3. The molecule has 0 saturated heterocycles. The van der Waals surface area contributed by atoms with Gasteiger partial charge in [-0.25, -0.2) is 8.78 Å². The van der Waals surface area contributed by atoms with Gasteiger partial charge in [0.15, 0.2) is 0 Å². The van der Waals surface area contributed by atoms with Gasteiger partial charge in [0.25, 0.3) is 6.43 Å². The van der Waals surface area contributed by atoms with Crippen LogP contribution in [-0.4, -0.2) is 38.0 Å². The van der Waals surface area contributed by atoms with Crippen molar-refractivity contribution in [2.45, 2.75) is 18.9 Å². The Morgan fingerprint density at radius 3 is 2.94 bits per heavy atom. The van der Waals surface area contributed by atoms with Crippen molar-refractivity contribution < 1.29 is 8.78 Å². The van der Waals surface area contributed by atoms with Gasteiger partial charge in [0.05, 0.1) is 6.54 Å². The average Bonchev–Trinajstić information content (AvgIpc) is 2.28. The fraction of sp³-hybridized carbons (Fsp3) is 0.538. The highest BCUT2D eigenvalue weighted by Crippen LogP contribution is 2.24. The second kappa shape index (κ2) is 5.56. The highest BCUT2D eigenvalue weighted by Gasteiger charge is 2.21. The van der Waals surface area contributed by atoms with Crippen molar-refractivity contribution in [3.8, 4) is 0 Å². The maximum atomic E-state index is 12.3. The summed E-state index contributed by atoms with van der Waals surface area (Å²) in [6, 6.07) is 8.24. The van der Waals surface area contributed by atoms with Gasteiger partial charge in [0.2, 0.25) is 0 Å². The smallest absolute Gasteiger partial charge is 0.251 e. The number of nitrogens with one attached hydrogen (secondary N) is 1. The molecule has 0 saturated carbocycles.